The first kappa shape index (κ1) is 24.0. The second kappa shape index (κ2) is 9.99. The van der Waals surface area contributed by atoms with Crippen LogP contribution >= 0.6 is 0 Å². The summed E-state index contributed by atoms with van der Waals surface area (Å²) >= 11 is 0. The lowest BCUT2D eigenvalue weighted by atomic mass is 10.2. The Hall–Kier alpha value is -4.16. The van der Waals surface area contributed by atoms with Crippen LogP contribution in [0.2, 0.25) is 0 Å². The second-order valence-corrected chi connectivity index (χ2v) is 8.38. The van der Waals surface area contributed by atoms with Crippen molar-refractivity contribution in [2.75, 3.05) is 6.61 Å². The van der Waals surface area contributed by atoms with Gasteiger partial charge in [-0.05, 0) is 63.1 Å². The Balaban J connectivity index is 2.01. The molecule has 0 fully saturated rings. The Morgan fingerprint density at radius 2 is 2.03 bits per heavy atom. The van der Waals surface area contributed by atoms with E-state index in [-0.39, 0.29) is 33.7 Å². The molecule has 0 spiro atoms. The van der Waals surface area contributed by atoms with Crippen molar-refractivity contribution in [3.8, 4) is 6.07 Å². The Labute approximate surface area is 200 Å². The predicted molar refractivity (Wildman–Crippen MR) is 128 cm³/mol. The van der Waals surface area contributed by atoms with Gasteiger partial charge >= 0.3 is 0 Å². The average Bonchev–Trinajstić information content (AvgIpc) is 2.83. The minimum Gasteiger partial charge on any atom is -0.379 e. The maximum Gasteiger partial charge on any atom is 0.279 e. The van der Waals surface area contributed by atoms with Gasteiger partial charge in [-0.2, -0.15) is 10.3 Å². The molecule has 178 valence electrons. The number of aromatic nitrogens is 3. The summed E-state index contributed by atoms with van der Waals surface area (Å²) in [7, 11) is 0. The van der Waals surface area contributed by atoms with Crippen LogP contribution in [0.15, 0.2) is 58.4 Å². The monoisotopic (exact) mass is 473 g/mol. The van der Waals surface area contributed by atoms with Crippen molar-refractivity contribution in [2.45, 2.75) is 39.8 Å². The molecule has 0 radical (unpaired) electrons. The molecule has 0 N–H and O–H groups in total. The largest absolute Gasteiger partial charge is 0.379 e. The third-order valence-electron chi connectivity index (χ3n) is 5.48. The van der Waals surface area contributed by atoms with E-state index in [1.807, 2.05) is 32.9 Å². The molecule has 0 bridgehead atoms. The van der Waals surface area contributed by atoms with E-state index in [4.69, 9.17) is 9.72 Å². The van der Waals surface area contributed by atoms with Gasteiger partial charge in [0.25, 0.3) is 11.5 Å². The lowest BCUT2D eigenvalue weighted by Gasteiger charge is -2.15. The van der Waals surface area contributed by atoms with E-state index in [0.717, 1.165) is 11.6 Å². The first-order chi connectivity index (χ1) is 16.8. The van der Waals surface area contributed by atoms with Crippen molar-refractivity contribution in [3.63, 3.8) is 0 Å². The Bertz CT molecular complexity index is 1610. The Morgan fingerprint density at radius 3 is 2.74 bits per heavy atom. The number of benzene rings is 1. The fourth-order valence-electron chi connectivity index (χ4n) is 3.83. The molecular formula is C26H24FN5O3. The summed E-state index contributed by atoms with van der Waals surface area (Å²) in [5.41, 5.74) is 1.37. The van der Waals surface area contributed by atoms with Crippen molar-refractivity contribution in [1.29, 1.82) is 5.26 Å². The van der Waals surface area contributed by atoms with E-state index in [9.17, 15) is 19.2 Å². The molecule has 1 amide bonds. The van der Waals surface area contributed by atoms with Crippen molar-refractivity contribution < 1.29 is 13.9 Å². The van der Waals surface area contributed by atoms with E-state index in [1.54, 1.807) is 16.8 Å². The number of aryl methyl sites for hydroxylation is 2. The van der Waals surface area contributed by atoms with Crippen molar-refractivity contribution >= 4 is 22.6 Å². The molecular weight excluding hydrogens is 449 g/mol. The molecule has 0 aliphatic heterocycles. The standard InChI is InChI=1S/C26H24FN5O3/c1-16(2)35-12-6-11-31-23(30-25(33)18-8-4-9-20(27)13-18)19(15-28)14-21-24(31)29-22-17(3)7-5-10-32(22)26(21)34/h4-5,7-10,13-14,16H,6,11-12H2,1-3H3. The molecule has 4 aromatic rings. The van der Waals surface area contributed by atoms with E-state index in [2.05, 4.69) is 4.99 Å². The lowest BCUT2D eigenvalue weighted by Crippen LogP contribution is -2.30. The summed E-state index contributed by atoms with van der Waals surface area (Å²) in [6.45, 7) is 6.41. The minimum absolute atomic E-state index is 0.0373. The van der Waals surface area contributed by atoms with Crippen LogP contribution in [0.3, 0.4) is 0 Å². The van der Waals surface area contributed by atoms with Crippen LogP contribution in [-0.4, -0.2) is 32.6 Å². The van der Waals surface area contributed by atoms with Crippen LogP contribution < -0.4 is 11.0 Å². The molecule has 1 aromatic carbocycles. The number of halogens is 1. The summed E-state index contributed by atoms with van der Waals surface area (Å²) in [5, 5.41) is 10.1. The van der Waals surface area contributed by atoms with E-state index in [0.29, 0.717) is 30.9 Å². The number of nitriles is 1. The van der Waals surface area contributed by atoms with Crippen LogP contribution in [0.25, 0.3) is 16.7 Å². The number of fused-ring (bicyclic) bond motifs is 2. The fourth-order valence-corrected chi connectivity index (χ4v) is 3.83. The summed E-state index contributed by atoms with van der Waals surface area (Å²) in [4.78, 5) is 35.1. The second-order valence-electron chi connectivity index (χ2n) is 8.38. The minimum atomic E-state index is -0.707. The number of carbonyl (C=O) groups excluding carboxylic acids is 1. The Kier molecular flexibility index (Phi) is 6.85. The van der Waals surface area contributed by atoms with E-state index in [1.165, 1.54) is 28.7 Å². The van der Waals surface area contributed by atoms with Gasteiger partial charge in [-0.3, -0.25) is 14.0 Å². The van der Waals surface area contributed by atoms with Gasteiger partial charge < -0.3 is 9.30 Å². The molecule has 8 nitrogen and oxygen atoms in total. The number of hydrogen-bond donors (Lipinski definition) is 0. The molecule has 0 aliphatic rings. The molecule has 9 heteroatoms. The summed E-state index contributed by atoms with van der Waals surface area (Å²) in [5.74, 6) is -1.28. The topological polar surface area (TPSA) is 102 Å². The van der Waals surface area contributed by atoms with Gasteiger partial charge in [0.15, 0.2) is 5.49 Å². The first-order valence-electron chi connectivity index (χ1n) is 11.2. The molecule has 0 atom stereocenters. The number of ether oxygens (including phenoxy) is 1. The summed E-state index contributed by atoms with van der Waals surface area (Å²) in [6, 6.07) is 12.2. The number of nitrogens with zero attached hydrogens (tertiary/aromatic N) is 5. The highest BCUT2D eigenvalue weighted by molar-refractivity contribution is 5.95. The third-order valence-corrected chi connectivity index (χ3v) is 5.48. The molecule has 0 unspecified atom stereocenters. The first-order valence-corrected chi connectivity index (χ1v) is 11.2. The maximum absolute atomic E-state index is 13.7. The van der Waals surface area contributed by atoms with Crippen LogP contribution in [0, 0.1) is 24.1 Å². The third kappa shape index (κ3) is 4.88. The number of hydrogen-bond acceptors (Lipinski definition) is 5. The van der Waals surface area contributed by atoms with Crippen molar-refractivity contribution in [3.05, 3.63) is 87.0 Å². The molecule has 35 heavy (non-hydrogen) atoms. The van der Waals surface area contributed by atoms with Gasteiger partial charge in [0, 0.05) is 24.9 Å². The number of rotatable bonds is 6. The van der Waals surface area contributed by atoms with Gasteiger partial charge in [0.1, 0.15) is 23.2 Å². The predicted octanol–water partition coefficient (Wildman–Crippen LogP) is 3.52. The molecule has 0 saturated carbocycles. The number of amides is 1. The Morgan fingerprint density at radius 1 is 1.23 bits per heavy atom. The SMILES string of the molecule is Cc1cccn2c(=O)c3cc(C#N)c(=NC(=O)c4cccc(F)c4)n(CCCOC(C)C)c3nc12. The highest BCUT2D eigenvalue weighted by atomic mass is 19.1. The average molecular weight is 474 g/mol. The molecule has 0 saturated heterocycles. The zero-order valence-corrected chi connectivity index (χ0v) is 19.7. The summed E-state index contributed by atoms with van der Waals surface area (Å²) in [6.07, 6.45) is 2.18. The quantitative estimate of drug-likeness (QED) is 0.315. The van der Waals surface area contributed by atoms with Crippen molar-refractivity contribution in [2.24, 2.45) is 4.99 Å². The zero-order valence-electron chi connectivity index (χ0n) is 19.7. The van der Waals surface area contributed by atoms with Crippen LogP contribution in [0.4, 0.5) is 4.39 Å². The highest BCUT2D eigenvalue weighted by Crippen LogP contribution is 2.14. The van der Waals surface area contributed by atoms with Gasteiger partial charge in [-0.25, -0.2) is 9.37 Å². The van der Waals surface area contributed by atoms with Crippen LogP contribution in [0.5, 0.6) is 0 Å². The molecule has 4 rings (SSSR count). The van der Waals surface area contributed by atoms with E-state index >= 15 is 0 Å². The molecule has 3 aromatic heterocycles. The molecule has 3 heterocycles. The van der Waals surface area contributed by atoms with Crippen molar-refractivity contribution in [1.82, 2.24) is 14.0 Å². The fraction of sp³-hybridized carbons (Fsp3) is 0.269. The normalized spacial score (nSPS) is 11.9. The van der Waals surface area contributed by atoms with Gasteiger partial charge in [-0.1, -0.05) is 12.1 Å². The van der Waals surface area contributed by atoms with Crippen LogP contribution in [-0.2, 0) is 11.3 Å². The molecule has 0 aliphatic carbocycles. The summed E-state index contributed by atoms with van der Waals surface area (Å²) < 4.78 is 22.4. The smallest absolute Gasteiger partial charge is 0.279 e. The van der Waals surface area contributed by atoms with Crippen LogP contribution in [0.1, 0.15) is 41.8 Å². The van der Waals surface area contributed by atoms with Gasteiger partial charge in [-0.15, -0.1) is 0 Å². The highest BCUT2D eigenvalue weighted by Gasteiger charge is 2.16. The van der Waals surface area contributed by atoms with E-state index < -0.39 is 11.7 Å². The number of carbonyl (C=O) groups is 1. The maximum atomic E-state index is 13.7. The number of pyridine rings is 2. The lowest BCUT2D eigenvalue weighted by molar-refractivity contribution is 0.0748. The van der Waals surface area contributed by atoms with Gasteiger partial charge in [0.05, 0.1) is 17.1 Å². The zero-order chi connectivity index (χ0) is 25.1. The van der Waals surface area contributed by atoms with Gasteiger partial charge in [0.2, 0.25) is 0 Å².